The van der Waals surface area contributed by atoms with Crippen molar-refractivity contribution in [1.82, 2.24) is 9.78 Å². The first-order valence-corrected chi connectivity index (χ1v) is 8.61. The lowest BCUT2D eigenvalue weighted by Crippen LogP contribution is -2.51. The van der Waals surface area contributed by atoms with Gasteiger partial charge in [-0.15, -0.1) is 0 Å². The maximum Gasteiger partial charge on any atom is 0.304 e. The molecule has 2 atom stereocenters. The number of hydrogen-bond donors (Lipinski definition) is 0. The van der Waals surface area contributed by atoms with E-state index in [4.69, 9.17) is 27.9 Å². The van der Waals surface area contributed by atoms with Gasteiger partial charge in [-0.25, -0.2) is 4.57 Å². The topological polar surface area (TPSA) is 30.9 Å². The van der Waals surface area contributed by atoms with E-state index in [2.05, 4.69) is 33.9 Å². The second-order valence-electron chi connectivity index (χ2n) is 6.15. The zero-order valence-corrected chi connectivity index (χ0v) is 14.2. The average molecular weight is 359 g/mol. The molecule has 2 aliphatic rings. The van der Waals surface area contributed by atoms with Crippen LogP contribution in [0.2, 0.25) is 10.0 Å². The van der Waals surface area contributed by atoms with Crippen molar-refractivity contribution in [3.63, 3.8) is 0 Å². The van der Waals surface area contributed by atoms with Gasteiger partial charge in [-0.3, -0.25) is 0 Å². The second kappa shape index (κ2) is 5.31. The molecule has 0 saturated heterocycles. The maximum atomic E-state index is 6.33. The lowest BCUT2D eigenvalue weighted by molar-refractivity contribution is -0.739. The Hall–Kier alpha value is -1.88. The Morgan fingerprint density at radius 1 is 1.08 bits per heavy atom. The summed E-state index contributed by atoms with van der Waals surface area (Å²) in [7, 11) is 0. The Bertz CT molecular complexity index is 933. The SMILES string of the molecule is Clc1cccc(Cl)c1-n1c[n+]2c(n1)CO[C@@H]1Cc3ccccc3[C@@H]12. The highest BCUT2D eigenvalue weighted by molar-refractivity contribution is 6.37. The van der Waals surface area contributed by atoms with Crippen LogP contribution in [0.1, 0.15) is 23.0 Å². The summed E-state index contributed by atoms with van der Waals surface area (Å²) in [6.45, 7) is 0.490. The van der Waals surface area contributed by atoms with Crippen LogP contribution in [0.4, 0.5) is 0 Å². The number of rotatable bonds is 1. The van der Waals surface area contributed by atoms with Crippen molar-refractivity contribution in [2.24, 2.45) is 0 Å². The fraction of sp³-hybridized carbons (Fsp3) is 0.222. The number of hydrogen-bond acceptors (Lipinski definition) is 2. The second-order valence-corrected chi connectivity index (χ2v) is 6.97. The van der Waals surface area contributed by atoms with Gasteiger partial charge in [0.25, 0.3) is 0 Å². The fourth-order valence-electron chi connectivity index (χ4n) is 3.74. The van der Waals surface area contributed by atoms with Crippen LogP contribution in [0, 0.1) is 0 Å². The third-order valence-corrected chi connectivity index (χ3v) is 5.40. The van der Waals surface area contributed by atoms with Gasteiger partial charge in [0.2, 0.25) is 6.33 Å². The van der Waals surface area contributed by atoms with Crippen molar-refractivity contribution in [3.05, 3.63) is 75.8 Å². The molecule has 4 nitrogen and oxygen atoms in total. The first-order valence-electron chi connectivity index (χ1n) is 7.86. The molecule has 24 heavy (non-hydrogen) atoms. The van der Waals surface area contributed by atoms with Crippen molar-refractivity contribution in [3.8, 4) is 5.69 Å². The highest BCUT2D eigenvalue weighted by atomic mass is 35.5. The lowest BCUT2D eigenvalue weighted by atomic mass is 10.1. The van der Waals surface area contributed by atoms with E-state index < -0.39 is 0 Å². The summed E-state index contributed by atoms with van der Waals surface area (Å²) in [6, 6.07) is 14.1. The first-order chi connectivity index (χ1) is 11.7. The number of ether oxygens (including phenoxy) is 1. The van der Waals surface area contributed by atoms with Crippen LogP contribution in [-0.2, 0) is 17.8 Å². The summed E-state index contributed by atoms with van der Waals surface area (Å²) in [4.78, 5) is 0. The quantitative estimate of drug-likeness (QED) is 0.623. The molecule has 0 radical (unpaired) electrons. The number of halogens is 2. The van der Waals surface area contributed by atoms with Gasteiger partial charge in [0, 0.05) is 11.5 Å². The van der Waals surface area contributed by atoms with E-state index >= 15 is 0 Å². The minimum atomic E-state index is 0.152. The monoisotopic (exact) mass is 358 g/mol. The number of benzene rings is 2. The molecule has 1 aromatic heterocycles. The molecule has 0 amide bonds. The Balaban J connectivity index is 1.66. The molecule has 120 valence electrons. The molecule has 3 aromatic rings. The minimum absolute atomic E-state index is 0.152. The minimum Gasteiger partial charge on any atom is -0.363 e. The summed E-state index contributed by atoms with van der Waals surface area (Å²) in [5.41, 5.74) is 3.35. The van der Waals surface area contributed by atoms with Gasteiger partial charge < -0.3 is 4.74 Å². The zero-order valence-electron chi connectivity index (χ0n) is 12.7. The van der Waals surface area contributed by atoms with Crippen LogP contribution in [0.3, 0.4) is 0 Å². The van der Waals surface area contributed by atoms with Crippen molar-refractivity contribution in [2.45, 2.75) is 25.2 Å². The van der Waals surface area contributed by atoms with Crippen LogP contribution in [0.15, 0.2) is 48.8 Å². The molecule has 2 aromatic carbocycles. The smallest absolute Gasteiger partial charge is 0.304 e. The molecule has 0 N–H and O–H groups in total. The molecule has 1 aliphatic carbocycles. The van der Waals surface area contributed by atoms with Gasteiger partial charge in [-0.05, 0) is 23.3 Å². The molecule has 0 spiro atoms. The molecule has 6 heteroatoms. The van der Waals surface area contributed by atoms with Gasteiger partial charge in [-0.1, -0.05) is 58.2 Å². The van der Waals surface area contributed by atoms with E-state index in [1.807, 2.05) is 24.5 Å². The number of para-hydroxylation sites is 1. The van der Waals surface area contributed by atoms with E-state index in [-0.39, 0.29) is 12.1 Å². The molecule has 5 rings (SSSR count). The van der Waals surface area contributed by atoms with Crippen LogP contribution in [0.25, 0.3) is 5.69 Å². The first kappa shape index (κ1) is 14.5. The lowest BCUT2D eigenvalue weighted by Gasteiger charge is -2.23. The molecule has 2 heterocycles. The Morgan fingerprint density at radius 3 is 2.71 bits per heavy atom. The van der Waals surface area contributed by atoms with E-state index in [1.165, 1.54) is 11.1 Å². The van der Waals surface area contributed by atoms with Gasteiger partial charge in [0.15, 0.2) is 5.69 Å². The number of aromatic nitrogens is 3. The van der Waals surface area contributed by atoms with Crippen LogP contribution in [0.5, 0.6) is 0 Å². The molecular weight excluding hydrogens is 345 g/mol. The molecule has 1 aliphatic heterocycles. The average Bonchev–Trinajstić information content (AvgIpc) is 3.14. The normalized spacial score (nSPS) is 21.2. The van der Waals surface area contributed by atoms with E-state index in [9.17, 15) is 0 Å². The third kappa shape index (κ3) is 2.04. The van der Waals surface area contributed by atoms with Crippen molar-refractivity contribution in [2.75, 3.05) is 0 Å². The van der Waals surface area contributed by atoms with Crippen LogP contribution in [-0.4, -0.2) is 15.9 Å². The van der Waals surface area contributed by atoms with Crippen molar-refractivity contribution < 1.29 is 9.30 Å². The largest absolute Gasteiger partial charge is 0.363 e. The molecule has 0 saturated carbocycles. The van der Waals surface area contributed by atoms with Crippen molar-refractivity contribution in [1.29, 1.82) is 0 Å². The maximum absolute atomic E-state index is 6.33. The van der Waals surface area contributed by atoms with Crippen LogP contribution >= 0.6 is 23.2 Å². The number of fused-ring (bicyclic) bond motifs is 5. The summed E-state index contributed by atoms with van der Waals surface area (Å²) in [6.07, 6.45) is 3.06. The summed E-state index contributed by atoms with van der Waals surface area (Å²) >= 11 is 12.7. The Labute approximate surface area is 149 Å². The van der Waals surface area contributed by atoms with E-state index in [0.29, 0.717) is 22.3 Å². The highest BCUT2D eigenvalue weighted by Crippen LogP contribution is 2.36. The number of nitrogens with zero attached hydrogens (tertiary/aromatic N) is 3. The molecule has 0 unspecified atom stereocenters. The van der Waals surface area contributed by atoms with Gasteiger partial charge in [0.05, 0.1) is 10.0 Å². The van der Waals surface area contributed by atoms with Gasteiger partial charge >= 0.3 is 5.82 Å². The zero-order chi connectivity index (χ0) is 16.3. The predicted octanol–water partition coefficient (Wildman–Crippen LogP) is 3.51. The van der Waals surface area contributed by atoms with Gasteiger partial charge in [-0.2, -0.15) is 0 Å². The third-order valence-electron chi connectivity index (χ3n) is 4.79. The summed E-state index contributed by atoms with van der Waals surface area (Å²) < 4.78 is 10.0. The fourth-order valence-corrected chi connectivity index (χ4v) is 4.31. The van der Waals surface area contributed by atoms with Crippen molar-refractivity contribution >= 4 is 23.2 Å². The van der Waals surface area contributed by atoms with Gasteiger partial charge in [0.1, 0.15) is 18.8 Å². The van der Waals surface area contributed by atoms with E-state index in [1.54, 1.807) is 4.68 Å². The van der Waals surface area contributed by atoms with Crippen LogP contribution < -0.4 is 4.57 Å². The highest BCUT2D eigenvalue weighted by Gasteiger charge is 2.43. The molecular formula is C18H14Cl2N3O+. The summed E-state index contributed by atoms with van der Waals surface area (Å²) in [5, 5.41) is 5.81. The molecule has 0 bridgehead atoms. The molecule has 0 fully saturated rings. The Kier molecular flexibility index (Phi) is 3.20. The predicted molar refractivity (Wildman–Crippen MR) is 90.6 cm³/mol. The Morgan fingerprint density at radius 2 is 1.88 bits per heavy atom. The van der Waals surface area contributed by atoms with E-state index in [0.717, 1.165) is 12.2 Å². The summed E-state index contributed by atoms with van der Waals surface area (Å²) in [5.74, 6) is 0.879. The standard InChI is InChI=1S/C18H14Cl2N3O/c19-13-6-3-7-14(20)18(13)23-10-22-16(21-23)9-24-15-8-11-4-1-2-5-12(11)17(15)22/h1-7,10,15,17H,8-9H2/q+1/t15-,17+/m1/s1.